The molecule has 0 unspecified atom stereocenters. The number of carbonyl (C=O) groups is 2. The zero-order chi connectivity index (χ0) is 25.8. The number of carbonyl (C=O) groups excluding carboxylic acids is 1. The third-order valence-electron chi connectivity index (χ3n) is 6.20. The molecule has 0 spiro atoms. The first-order valence-corrected chi connectivity index (χ1v) is 11.7. The molecule has 0 saturated heterocycles. The average molecular weight is 508 g/mol. The second-order valence-corrected chi connectivity index (χ2v) is 9.48. The van der Waals surface area contributed by atoms with Crippen molar-refractivity contribution in [3.63, 3.8) is 0 Å². The van der Waals surface area contributed by atoms with Gasteiger partial charge in [-0.2, -0.15) is 0 Å². The van der Waals surface area contributed by atoms with Gasteiger partial charge in [-0.15, -0.1) is 0 Å². The number of aromatic nitrogens is 2. The fourth-order valence-corrected chi connectivity index (χ4v) is 4.13. The Morgan fingerprint density at radius 1 is 1.26 bits per heavy atom. The first kappa shape index (κ1) is 26.6. The molecule has 1 aromatic heterocycles. The fraction of sp³-hybridized carbons (Fsp3) is 0.480. The van der Waals surface area contributed by atoms with Crippen molar-refractivity contribution in [2.75, 3.05) is 13.7 Å². The number of ether oxygens (including phenoxy) is 1. The third kappa shape index (κ3) is 6.80. The van der Waals surface area contributed by atoms with Crippen LogP contribution in [-0.4, -0.2) is 45.8 Å². The summed E-state index contributed by atoms with van der Waals surface area (Å²) in [4.78, 5) is 28.7. The normalized spacial score (nSPS) is 18.0. The largest absolute Gasteiger partial charge is 0.481 e. The second-order valence-electron chi connectivity index (χ2n) is 9.14. The molecule has 1 aliphatic carbocycles. The maximum Gasteiger partial charge on any atom is 0.306 e. The van der Waals surface area contributed by atoms with Gasteiger partial charge in [0.25, 0.3) is 5.91 Å². The Morgan fingerprint density at radius 3 is 2.54 bits per heavy atom. The predicted molar refractivity (Wildman–Crippen MR) is 126 cm³/mol. The molecule has 0 atom stereocenters. The van der Waals surface area contributed by atoms with Crippen molar-refractivity contribution >= 4 is 23.5 Å². The van der Waals surface area contributed by atoms with Crippen LogP contribution < -0.4 is 5.32 Å². The number of benzene rings is 1. The predicted octanol–water partition coefficient (Wildman–Crippen LogP) is 4.26. The van der Waals surface area contributed by atoms with E-state index in [1.54, 1.807) is 13.8 Å². The maximum absolute atomic E-state index is 13.8. The van der Waals surface area contributed by atoms with Gasteiger partial charge >= 0.3 is 5.97 Å². The number of amides is 1. The van der Waals surface area contributed by atoms with Gasteiger partial charge < -0.3 is 19.7 Å². The fourth-order valence-electron chi connectivity index (χ4n) is 3.90. The molecule has 0 aliphatic heterocycles. The molecular formula is C25H28ClF2N3O4. The molecule has 1 aromatic carbocycles. The number of hydrogen-bond acceptors (Lipinski definition) is 4. The highest BCUT2D eigenvalue weighted by atomic mass is 35.5. The molecule has 3 rings (SSSR count). The van der Waals surface area contributed by atoms with Gasteiger partial charge in [0.15, 0.2) is 11.6 Å². The number of rotatable bonds is 7. The van der Waals surface area contributed by atoms with Gasteiger partial charge in [0.1, 0.15) is 17.0 Å². The molecule has 188 valence electrons. The standard InChI is InChI=1S/C25H28ClF2N3O4/c1-25(2,35-3)11-10-20-21(22(32)29-13-15-4-7-17(8-5-15)23(33)34)31(24(26)30-20)14-16-6-9-18(27)19(28)12-16/h6,9,12,15,17H,4-5,7-8,13-14H2,1-3H3,(H,29,32)(H,33,34). The molecule has 1 amide bonds. The van der Waals surface area contributed by atoms with E-state index < -0.39 is 29.1 Å². The van der Waals surface area contributed by atoms with E-state index in [1.807, 2.05) is 0 Å². The summed E-state index contributed by atoms with van der Waals surface area (Å²) < 4.78 is 33.8. The zero-order valence-corrected chi connectivity index (χ0v) is 20.6. The Balaban J connectivity index is 1.86. The summed E-state index contributed by atoms with van der Waals surface area (Å²) >= 11 is 6.34. The summed E-state index contributed by atoms with van der Waals surface area (Å²) in [5, 5.41) is 12.0. The highest BCUT2D eigenvalue weighted by Crippen LogP contribution is 2.28. The summed E-state index contributed by atoms with van der Waals surface area (Å²) in [6, 6.07) is 3.44. The summed E-state index contributed by atoms with van der Waals surface area (Å²) in [5.74, 6) is 2.33. The first-order chi connectivity index (χ1) is 16.5. The van der Waals surface area contributed by atoms with E-state index in [9.17, 15) is 23.5 Å². The lowest BCUT2D eigenvalue weighted by molar-refractivity contribution is -0.143. The van der Waals surface area contributed by atoms with Gasteiger partial charge in [-0.25, -0.2) is 13.8 Å². The lowest BCUT2D eigenvalue weighted by Gasteiger charge is -2.26. The third-order valence-corrected chi connectivity index (χ3v) is 6.49. The van der Waals surface area contributed by atoms with E-state index in [4.69, 9.17) is 16.3 Å². The van der Waals surface area contributed by atoms with Gasteiger partial charge in [0.05, 0.1) is 12.5 Å². The molecule has 1 fully saturated rings. The number of nitrogens with zero attached hydrogens (tertiary/aromatic N) is 2. The van der Waals surface area contributed by atoms with E-state index in [1.165, 1.54) is 17.7 Å². The molecule has 10 heteroatoms. The van der Waals surface area contributed by atoms with Crippen molar-refractivity contribution in [2.45, 2.75) is 51.7 Å². The number of hydrogen-bond donors (Lipinski definition) is 2. The minimum atomic E-state index is -1.01. The SMILES string of the molecule is COC(C)(C)C#Cc1nc(Cl)n(Cc2ccc(F)c(F)c2)c1C(=O)NCC1CCC(C(=O)O)CC1. The van der Waals surface area contributed by atoms with Crippen LogP contribution in [0.4, 0.5) is 8.78 Å². The molecule has 2 aromatic rings. The minimum absolute atomic E-state index is 0.0230. The van der Waals surface area contributed by atoms with Crippen molar-refractivity contribution in [2.24, 2.45) is 11.8 Å². The molecule has 7 nitrogen and oxygen atoms in total. The van der Waals surface area contributed by atoms with E-state index >= 15 is 0 Å². The number of halogens is 3. The van der Waals surface area contributed by atoms with Crippen LogP contribution >= 0.6 is 11.6 Å². The highest BCUT2D eigenvalue weighted by Gasteiger charge is 2.28. The summed E-state index contributed by atoms with van der Waals surface area (Å²) in [6.45, 7) is 3.85. The van der Waals surface area contributed by atoms with Crippen LogP contribution in [-0.2, 0) is 16.1 Å². The van der Waals surface area contributed by atoms with Crippen LogP contribution in [0.1, 0.15) is 61.3 Å². The number of imidazole rings is 1. The quantitative estimate of drug-likeness (QED) is 0.546. The van der Waals surface area contributed by atoms with Gasteiger partial charge in [-0.05, 0) is 80.7 Å². The Kier molecular flexibility index (Phi) is 8.51. The van der Waals surface area contributed by atoms with Crippen LogP contribution in [0.5, 0.6) is 0 Å². The van der Waals surface area contributed by atoms with Crippen LogP contribution in [0.25, 0.3) is 0 Å². The molecule has 35 heavy (non-hydrogen) atoms. The second kappa shape index (κ2) is 11.2. The molecule has 0 bridgehead atoms. The van der Waals surface area contributed by atoms with E-state index in [-0.39, 0.29) is 35.1 Å². The Hall–Kier alpha value is -2.96. The minimum Gasteiger partial charge on any atom is -0.481 e. The highest BCUT2D eigenvalue weighted by molar-refractivity contribution is 6.29. The number of carboxylic acid groups (broad SMARTS) is 1. The molecule has 0 radical (unpaired) electrons. The van der Waals surface area contributed by atoms with Crippen molar-refractivity contribution < 1.29 is 28.2 Å². The van der Waals surface area contributed by atoms with Crippen LogP contribution in [0.15, 0.2) is 18.2 Å². The Bertz CT molecular complexity index is 1160. The van der Waals surface area contributed by atoms with Gasteiger partial charge in [-0.1, -0.05) is 12.0 Å². The lowest BCUT2D eigenvalue weighted by Crippen LogP contribution is -2.34. The average Bonchev–Trinajstić information content (AvgIpc) is 3.13. The number of carboxylic acids is 1. The van der Waals surface area contributed by atoms with Crippen molar-refractivity contribution in [1.29, 1.82) is 0 Å². The Morgan fingerprint density at radius 2 is 1.94 bits per heavy atom. The number of nitrogens with one attached hydrogen (secondary N) is 1. The zero-order valence-electron chi connectivity index (χ0n) is 19.8. The molecule has 2 N–H and O–H groups in total. The maximum atomic E-state index is 13.8. The molecule has 1 heterocycles. The molecule has 1 aliphatic rings. The van der Waals surface area contributed by atoms with Crippen molar-refractivity contribution in [3.05, 3.63) is 52.1 Å². The van der Waals surface area contributed by atoms with E-state index in [2.05, 4.69) is 22.1 Å². The van der Waals surface area contributed by atoms with Crippen LogP contribution in [0.3, 0.4) is 0 Å². The van der Waals surface area contributed by atoms with Gasteiger partial charge in [0.2, 0.25) is 5.28 Å². The molecular weight excluding hydrogens is 480 g/mol. The number of methoxy groups -OCH3 is 1. The van der Waals surface area contributed by atoms with Gasteiger partial charge in [0, 0.05) is 13.7 Å². The summed E-state index contributed by atoms with van der Waals surface area (Å²) in [5.41, 5.74) is -0.179. The van der Waals surface area contributed by atoms with Crippen LogP contribution in [0.2, 0.25) is 5.28 Å². The first-order valence-electron chi connectivity index (χ1n) is 11.3. The topological polar surface area (TPSA) is 93.5 Å². The van der Waals surface area contributed by atoms with Gasteiger partial charge in [-0.3, -0.25) is 9.59 Å². The van der Waals surface area contributed by atoms with Crippen molar-refractivity contribution in [1.82, 2.24) is 14.9 Å². The van der Waals surface area contributed by atoms with E-state index in [0.717, 1.165) is 12.1 Å². The molecule has 1 saturated carbocycles. The number of aliphatic carboxylic acids is 1. The summed E-state index contributed by atoms with van der Waals surface area (Å²) in [7, 11) is 1.51. The lowest BCUT2D eigenvalue weighted by atomic mass is 9.82. The van der Waals surface area contributed by atoms with Crippen LogP contribution in [0, 0.1) is 35.3 Å². The summed E-state index contributed by atoms with van der Waals surface area (Å²) in [6.07, 6.45) is 2.53. The van der Waals surface area contributed by atoms with E-state index in [0.29, 0.717) is 37.8 Å². The monoisotopic (exact) mass is 507 g/mol. The smallest absolute Gasteiger partial charge is 0.306 e. The Labute approximate surface area is 207 Å². The van der Waals surface area contributed by atoms with Crippen molar-refractivity contribution in [3.8, 4) is 11.8 Å².